The summed E-state index contributed by atoms with van der Waals surface area (Å²) in [4.78, 5) is 7.25. The first-order valence-electron chi connectivity index (χ1n) is 3.74. The minimum Gasteiger partial charge on any atom is -0.464 e. The maximum Gasteiger partial charge on any atom is 0.136 e. The van der Waals surface area contributed by atoms with E-state index in [0.717, 1.165) is 22.0 Å². The second-order valence-corrected chi connectivity index (χ2v) is 2.70. The van der Waals surface area contributed by atoms with Crippen LogP contribution in [-0.2, 0) is 0 Å². The van der Waals surface area contributed by atoms with Crippen LogP contribution < -0.4 is 0 Å². The molecule has 0 aliphatic heterocycles. The quantitative estimate of drug-likeness (QED) is 0.545. The molecule has 0 aliphatic rings. The van der Waals surface area contributed by atoms with E-state index in [1.807, 2.05) is 18.2 Å². The summed E-state index contributed by atoms with van der Waals surface area (Å²) in [5.41, 5.74) is 2.90. The van der Waals surface area contributed by atoms with Gasteiger partial charge in [-0.05, 0) is 18.2 Å². The number of nitrogens with one attached hydrogen (secondary N) is 1. The van der Waals surface area contributed by atoms with Crippen LogP contribution in [0.25, 0.3) is 22.0 Å². The highest BCUT2D eigenvalue weighted by atomic mass is 16.3. The second kappa shape index (κ2) is 1.88. The Balaban J connectivity index is 2.71. The van der Waals surface area contributed by atoms with Crippen LogP contribution in [0.5, 0.6) is 0 Å². The molecule has 3 rings (SSSR count). The number of fused-ring (bicyclic) bond motifs is 3. The summed E-state index contributed by atoms with van der Waals surface area (Å²) in [6, 6.07) is 5.84. The third-order valence-corrected chi connectivity index (χ3v) is 2.02. The van der Waals surface area contributed by atoms with E-state index in [4.69, 9.17) is 4.42 Å². The van der Waals surface area contributed by atoms with Crippen molar-refractivity contribution in [3.05, 3.63) is 30.8 Å². The molecule has 3 heteroatoms. The molecule has 0 atom stereocenters. The predicted molar refractivity (Wildman–Crippen MR) is 45.9 cm³/mol. The first-order chi connectivity index (χ1) is 5.95. The summed E-state index contributed by atoms with van der Waals surface area (Å²) >= 11 is 0. The second-order valence-electron chi connectivity index (χ2n) is 2.70. The van der Waals surface area contributed by atoms with Crippen LogP contribution in [-0.4, -0.2) is 9.97 Å². The summed E-state index contributed by atoms with van der Waals surface area (Å²) in [5, 5.41) is 1.06. The lowest BCUT2D eigenvalue weighted by Gasteiger charge is -1.88. The van der Waals surface area contributed by atoms with Crippen LogP contribution in [0.15, 0.2) is 35.2 Å². The van der Waals surface area contributed by atoms with E-state index < -0.39 is 0 Å². The number of H-pyrrole nitrogens is 1. The van der Waals surface area contributed by atoms with Gasteiger partial charge in [0.15, 0.2) is 0 Å². The number of benzene rings is 1. The van der Waals surface area contributed by atoms with Crippen LogP contribution >= 0.6 is 0 Å². The van der Waals surface area contributed by atoms with Crippen molar-refractivity contribution < 1.29 is 4.42 Å². The number of furan rings is 1. The smallest absolute Gasteiger partial charge is 0.136 e. The molecule has 3 nitrogen and oxygen atoms in total. The Bertz CT molecular complexity index is 486. The van der Waals surface area contributed by atoms with Crippen molar-refractivity contribution in [2.75, 3.05) is 0 Å². The molecule has 0 saturated heterocycles. The molecule has 1 N–H and O–H groups in total. The van der Waals surface area contributed by atoms with Crippen molar-refractivity contribution in [1.82, 2.24) is 9.97 Å². The summed E-state index contributed by atoms with van der Waals surface area (Å²) in [5.74, 6) is 0. The number of nitrogens with zero attached hydrogens (tertiary/aromatic N) is 1. The molecule has 0 fully saturated rings. The van der Waals surface area contributed by atoms with Crippen molar-refractivity contribution in [2.45, 2.75) is 0 Å². The van der Waals surface area contributed by atoms with E-state index in [9.17, 15) is 0 Å². The Morgan fingerprint density at radius 3 is 3.25 bits per heavy atom. The maximum atomic E-state index is 5.24. The van der Waals surface area contributed by atoms with E-state index >= 15 is 0 Å². The summed E-state index contributed by atoms with van der Waals surface area (Å²) in [6.45, 7) is 0. The average molecular weight is 158 g/mol. The first-order valence-corrected chi connectivity index (χ1v) is 3.74. The Morgan fingerprint density at radius 2 is 2.25 bits per heavy atom. The van der Waals surface area contributed by atoms with Gasteiger partial charge in [-0.25, -0.2) is 4.98 Å². The van der Waals surface area contributed by atoms with Crippen LogP contribution in [0, 0.1) is 0 Å². The van der Waals surface area contributed by atoms with E-state index in [2.05, 4.69) is 9.97 Å². The Labute approximate surface area is 68.0 Å². The zero-order chi connectivity index (χ0) is 7.97. The minimum absolute atomic E-state index is 0.884. The van der Waals surface area contributed by atoms with Gasteiger partial charge in [-0.1, -0.05) is 0 Å². The molecule has 58 valence electrons. The molecule has 0 amide bonds. The third-order valence-electron chi connectivity index (χ3n) is 2.02. The Morgan fingerprint density at radius 1 is 1.25 bits per heavy atom. The van der Waals surface area contributed by atoms with Crippen molar-refractivity contribution >= 4 is 22.0 Å². The van der Waals surface area contributed by atoms with Gasteiger partial charge in [0.25, 0.3) is 0 Å². The molecule has 1 aromatic carbocycles. The average Bonchev–Trinajstić information content (AvgIpc) is 2.71. The van der Waals surface area contributed by atoms with Crippen LogP contribution in [0.3, 0.4) is 0 Å². The molecular formula is C9H6N2O. The van der Waals surface area contributed by atoms with Crippen molar-refractivity contribution in [3.63, 3.8) is 0 Å². The van der Waals surface area contributed by atoms with Gasteiger partial charge < -0.3 is 9.40 Å². The zero-order valence-corrected chi connectivity index (χ0v) is 6.24. The van der Waals surface area contributed by atoms with Crippen molar-refractivity contribution in [3.8, 4) is 0 Å². The van der Waals surface area contributed by atoms with Gasteiger partial charge in [0, 0.05) is 5.39 Å². The molecule has 0 unspecified atom stereocenters. The number of aromatic nitrogens is 2. The summed E-state index contributed by atoms with van der Waals surface area (Å²) in [6.07, 6.45) is 3.37. The lowest BCUT2D eigenvalue weighted by molar-refractivity contribution is 0.616. The number of rotatable bonds is 0. The molecule has 3 aromatic rings. The lowest BCUT2D eigenvalue weighted by atomic mass is 10.2. The first kappa shape index (κ1) is 5.83. The summed E-state index contributed by atoms with van der Waals surface area (Å²) in [7, 11) is 0. The lowest BCUT2D eigenvalue weighted by Crippen LogP contribution is -1.69. The van der Waals surface area contributed by atoms with Crippen molar-refractivity contribution in [2.24, 2.45) is 0 Å². The van der Waals surface area contributed by atoms with Crippen LogP contribution in [0.1, 0.15) is 0 Å². The molecule has 0 spiro atoms. The Hall–Kier alpha value is -1.77. The highest BCUT2D eigenvalue weighted by Crippen LogP contribution is 2.22. The molecule has 0 saturated carbocycles. The molecule has 0 radical (unpaired) electrons. The van der Waals surface area contributed by atoms with Crippen LogP contribution in [0.4, 0.5) is 0 Å². The molecule has 0 aliphatic carbocycles. The fourth-order valence-electron chi connectivity index (χ4n) is 1.45. The number of imidazole rings is 1. The van der Waals surface area contributed by atoms with E-state index in [0.29, 0.717) is 0 Å². The molecule has 12 heavy (non-hydrogen) atoms. The normalized spacial score (nSPS) is 11.3. The molecule has 0 bridgehead atoms. The van der Waals surface area contributed by atoms with Gasteiger partial charge in [-0.3, -0.25) is 0 Å². The fourth-order valence-corrected chi connectivity index (χ4v) is 1.45. The highest BCUT2D eigenvalue weighted by molar-refractivity contribution is 6.01. The predicted octanol–water partition coefficient (Wildman–Crippen LogP) is 2.31. The highest BCUT2D eigenvalue weighted by Gasteiger charge is 2.03. The van der Waals surface area contributed by atoms with Gasteiger partial charge in [0.1, 0.15) is 5.58 Å². The van der Waals surface area contributed by atoms with Crippen LogP contribution in [0.2, 0.25) is 0 Å². The zero-order valence-electron chi connectivity index (χ0n) is 6.24. The molecule has 2 aromatic heterocycles. The van der Waals surface area contributed by atoms with Gasteiger partial charge in [0.2, 0.25) is 0 Å². The minimum atomic E-state index is 0.884. The Kier molecular flexibility index (Phi) is 0.913. The maximum absolute atomic E-state index is 5.24. The standard InChI is InChI=1S/C9H6N2O/c1-2-8-6(3-4-12-8)9-7(1)10-5-11-9/h1-5H,(H,10,11). The van der Waals surface area contributed by atoms with Gasteiger partial charge in [-0.15, -0.1) is 0 Å². The van der Waals surface area contributed by atoms with E-state index in [-0.39, 0.29) is 0 Å². The largest absolute Gasteiger partial charge is 0.464 e. The van der Waals surface area contributed by atoms with E-state index in [1.165, 1.54) is 0 Å². The van der Waals surface area contributed by atoms with Gasteiger partial charge in [-0.2, -0.15) is 0 Å². The fraction of sp³-hybridized carbons (Fsp3) is 0. The molecule has 2 heterocycles. The van der Waals surface area contributed by atoms with Gasteiger partial charge in [0.05, 0.1) is 23.6 Å². The number of hydrogen-bond donors (Lipinski definition) is 1. The summed E-state index contributed by atoms with van der Waals surface area (Å²) < 4.78 is 5.24. The SMILES string of the molecule is c1nc2c(ccc3occc32)[nH]1. The third kappa shape index (κ3) is 0.580. The van der Waals surface area contributed by atoms with E-state index in [1.54, 1.807) is 12.6 Å². The number of aromatic amines is 1. The number of hydrogen-bond acceptors (Lipinski definition) is 2. The molecular weight excluding hydrogens is 152 g/mol. The monoisotopic (exact) mass is 158 g/mol. The van der Waals surface area contributed by atoms with Crippen molar-refractivity contribution in [1.29, 1.82) is 0 Å². The van der Waals surface area contributed by atoms with Gasteiger partial charge >= 0.3 is 0 Å². The topological polar surface area (TPSA) is 41.8 Å².